The van der Waals surface area contributed by atoms with Gasteiger partial charge in [0.1, 0.15) is 5.82 Å². The number of aryl methyl sites for hydroxylation is 2. The molecule has 2 rings (SSSR count). The summed E-state index contributed by atoms with van der Waals surface area (Å²) in [6, 6.07) is 1.79. The van der Waals surface area contributed by atoms with E-state index in [9.17, 15) is 0 Å². The minimum absolute atomic E-state index is 0.462. The van der Waals surface area contributed by atoms with Crippen molar-refractivity contribution in [2.75, 3.05) is 5.73 Å². The quantitative estimate of drug-likeness (QED) is 0.913. The number of halogens is 2. The van der Waals surface area contributed by atoms with Gasteiger partial charge in [0.25, 0.3) is 0 Å². The molecule has 0 amide bonds. The summed E-state index contributed by atoms with van der Waals surface area (Å²) in [4.78, 5) is 4.01. The van der Waals surface area contributed by atoms with Crippen LogP contribution in [0.5, 0.6) is 0 Å². The summed E-state index contributed by atoms with van der Waals surface area (Å²) < 4.78 is 1.75. The molecule has 0 aromatic carbocycles. The first kappa shape index (κ1) is 12.2. The zero-order valence-corrected chi connectivity index (χ0v) is 11.0. The van der Waals surface area contributed by atoms with Crippen molar-refractivity contribution in [1.82, 2.24) is 14.8 Å². The van der Waals surface area contributed by atoms with Gasteiger partial charge in [-0.15, -0.1) is 0 Å². The fourth-order valence-corrected chi connectivity index (χ4v) is 2.09. The molecule has 0 aliphatic rings. The van der Waals surface area contributed by atoms with E-state index in [1.807, 2.05) is 14.0 Å². The fraction of sp³-hybridized carbons (Fsp3) is 0.273. The molecule has 0 atom stereocenters. The van der Waals surface area contributed by atoms with Crippen molar-refractivity contribution >= 4 is 29.0 Å². The number of nitrogens with zero attached hydrogens (tertiary/aromatic N) is 3. The maximum Gasteiger partial charge on any atom is 0.127 e. The molecule has 0 saturated heterocycles. The van der Waals surface area contributed by atoms with Crippen molar-refractivity contribution in [2.24, 2.45) is 7.05 Å². The SMILES string of the molecule is Cc1nn(C)c(Cc2cc(Cl)cnc2N)c1Cl. The summed E-state index contributed by atoms with van der Waals surface area (Å²) in [5.74, 6) is 0.462. The highest BCUT2D eigenvalue weighted by Gasteiger charge is 2.13. The lowest BCUT2D eigenvalue weighted by molar-refractivity contribution is 0.717. The number of hydrogen-bond acceptors (Lipinski definition) is 3. The Morgan fingerprint density at radius 2 is 2.12 bits per heavy atom. The Balaban J connectivity index is 2.41. The standard InChI is InChI=1S/C11H12Cl2N4/c1-6-10(13)9(17(2)16-6)4-7-3-8(12)5-15-11(7)14/h3,5H,4H2,1-2H3,(H2,14,15). The van der Waals surface area contributed by atoms with Crippen LogP contribution in [0, 0.1) is 6.92 Å². The van der Waals surface area contributed by atoms with Crippen LogP contribution in [-0.2, 0) is 13.5 Å². The van der Waals surface area contributed by atoms with Crippen LogP contribution in [0.3, 0.4) is 0 Å². The van der Waals surface area contributed by atoms with E-state index in [1.54, 1.807) is 10.7 Å². The average molecular weight is 271 g/mol. The molecule has 2 aromatic heterocycles. The van der Waals surface area contributed by atoms with Crippen LogP contribution >= 0.6 is 23.2 Å². The fourth-order valence-electron chi connectivity index (χ4n) is 1.69. The maximum atomic E-state index is 6.18. The molecule has 17 heavy (non-hydrogen) atoms. The van der Waals surface area contributed by atoms with Crippen molar-refractivity contribution < 1.29 is 0 Å². The smallest absolute Gasteiger partial charge is 0.127 e. The lowest BCUT2D eigenvalue weighted by Crippen LogP contribution is -2.03. The van der Waals surface area contributed by atoms with Crippen molar-refractivity contribution in [3.05, 3.63) is 39.3 Å². The summed E-state index contributed by atoms with van der Waals surface area (Å²) in [5.41, 5.74) is 8.36. The number of nitrogen functional groups attached to an aromatic ring is 1. The van der Waals surface area contributed by atoms with Crippen molar-refractivity contribution in [3.63, 3.8) is 0 Å². The maximum absolute atomic E-state index is 6.18. The predicted molar refractivity (Wildman–Crippen MR) is 69.4 cm³/mol. The Kier molecular flexibility index (Phi) is 3.26. The molecule has 0 unspecified atom stereocenters. The third kappa shape index (κ3) is 2.37. The van der Waals surface area contributed by atoms with Gasteiger partial charge in [0.2, 0.25) is 0 Å². The Labute approximate surface area is 109 Å². The molecule has 2 N–H and O–H groups in total. The number of pyridine rings is 1. The van der Waals surface area contributed by atoms with Gasteiger partial charge in [-0.1, -0.05) is 23.2 Å². The molecule has 0 bridgehead atoms. The topological polar surface area (TPSA) is 56.7 Å². The largest absolute Gasteiger partial charge is 0.383 e. The van der Waals surface area contributed by atoms with Gasteiger partial charge in [0.15, 0.2) is 0 Å². The van der Waals surface area contributed by atoms with Crippen molar-refractivity contribution in [1.29, 1.82) is 0 Å². The highest BCUT2D eigenvalue weighted by molar-refractivity contribution is 6.32. The number of rotatable bonds is 2. The van der Waals surface area contributed by atoms with E-state index in [2.05, 4.69) is 10.1 Å². The van der Waals surface area contributed by atoms with Crippen LogP contribution < -0.4 is 5.73 Å². The summed E-state index contributed by atoms with van der Waals surface area (Å²) in [6.45, 7) is 1.87. The second kappa shape index (κ2) is 4.55. The van der Waals surface area contributed by atoms with Gasteiger partial charge in [-0.25, -0.2) is 4.98 Å². The molecular weight excluding hydrogens is 259 g/mol. The molecule has 90 valence electrons. The highest BCUT2D eigenvalue weighted by Crippen LogP contribution is 2.25. The minimum atomic E-state index is 0.462. The average Bonchev–Trinajstić information content (AvgIpc) is 2.50. The van der Waals surface area contributed by atoms with Crippen LogP contribution in [0.25, 0.3) is 0 Å². The van der Waals surface area contributed by atoms with Crippen LogP contribution in [0.1, 0.15) is 17.0 Å². The molecule has 2 heterocycles. The second-order valence-electron chi connectivity index (χ2n) is 3.84. The Bertz CT molecular complexity index is 563. The number of hydrogen-bond donors (Lipinski definition) is 1. The molecule has 0 saturated carbocycles. The molecule has 0 aliphatic carbocycles. The zero-order valence-electron chi connectivity index (χ0n) is 9.54. The van der Waals surface area contributed by atoms with Gasteiger partial charge >= 0.3 is 0 Å². The lowest BCUT2D eigenvalue weighted by Gasteiger charge is -2.06. The first-order chi connectivity index (χ1) is 7.99. The van der Waals surface area contributed by atoms with Crippen LogP contribution in [0.4, 0.5) is 5.82 Å². The first-order valence-corrected chi connectivity index (χ1v) is 5.82. The number of anilines is 1. The van der Waals surface area contributed by atoms with E-state index in [4.69, 9.17) is 28.9 Å². The van der Waals surface area contributed by atoms with Gasteiger partial charge in [0.05, 0.1) is 21.4 Å². The summed E-state index contributed by atoms with van der Waals surface area (Å²) in [7, 11) is 1.85. The monoisotopic (exact) mass is 270 g/mol. The molecule has 0 fully saturated rings. The Hall–Kier alpha value is -1.26. The van der Waals surface area contributed by atoms with Gasteiger partial charge in [0, 0.05) is 25.2 Å². The molecular formula is C11H12Cl2N4. The van der Waals surface area contributed by atoms with E-state index in [1.165, 1.54) is 6.20 Å². The highest BCUT2D eigenvalue weighted by atomic mass is 35.5. The number of aromatic nitrogens is 3. The molecule has 0 radical (unpaired) electrons. The first-order valence-electron chi connectivity index (χ1n) is 5.07. The van der Waals surface area contributed by atoms with Crippen LogP contribution in [-0.4, -0.2) is 14.8 Å². The molecule has 0 spiro atoms. The summed E-state index contributed by atoms with van der Waals surface area (Å²) in [6.07, 6.45) is 2.09. The van der Waals surface area contributed by atoms with Gasteiger partial charge in [-0.05, 0) is 13.0 Å². The summed E-state index contributed by atoms with van der Waals surface area (Å²) >= 11 is 12.1. The third-order valence-electron chi connectivity index (χ3n) is 2.59. The molecule has 4 nitrogen and oxygen atoms in total. The van der Waals surface area contributed by atoms with E-state index in [0.29, 0.717) is 22.3 Å². The van der Waals surface area contributed by atoms with E-state index < -0.39 is 0 Å². The Morgan fingerprint density at radius 1 is 1.41 bits per heavy atom. The van der Waals surface area contributed by atoms with Gasteiger partial charge < -0.3 is 5.73 Å². The Morgan fingerprint density at radius 3 is 2.71 bits per heavy atom. The predicted octanol–water partition coefficient (Wildman–Crippen LogP) is 2.60. The van der Waals surface area contributed by atoms with Crippen molar-refractivity contribution in [3.8, 4) is 0 Å². The number of nitrogens with two attached hydrogens (primary N) is 1. The van der Waals surface area contributed by atoms with Gasteiger partial charge in [-0.3, -0.25) is 4.68 Å². The molecule has 6 heteroatoms. The van der Waals surface area contributed by atoms with E-state index >= 15 is 0 Å². The van der Waals surface area contributed by atoms with Crippen LogP contribution in [0.2, 0.25) is 10.0 Å². The van der Waals surface area contributed by atoms with Gasteiger partial charge in [-0.2, -0.15) is 5.10 Å². The summed E-state index contributed by atoms with van der Waals surface area (Å²) in [5, 5.41) is 5.47. The third-order valence-corrected chi connectivity index (χ3v) is 3.29. The van der Waals surface area contributed by atoms with E-state index in [-0.39, 0.29) is 0 Å². The lowest BCUT2D eigenvalue weighted by atomic mass is 10.1. The normalized spacial score (nSPS) is 10.8. The van der Waals surface area contributed by atoms with E-state index in [0.717, 1.165) is 17.0 Å². The van der Waals surface area contributed by atoms with Crippen molar-refractivity contribution in [2.45, 2.75) is 13.3 Å². The molecule has 0 aliphatic heterocycles. The molecule has 2 aromatic rings. The van der Waals surface area contributed by atoms with Crippen LogP contribution in [0.15, 0.2) is 12.3 Å². The zero-order chi connectivity index (χ0) is 12.6. The minimum Gasteiger partial charge on any atom is -0.383 e. The second-order valence-corrected chi connectivity index (χ2v) is 4.66.